The Hall–Kier alpha value is -3.25. The largest absolute Gasteiger partial charge is 0.490 e. The molecule has 2 heterocycles. The summed E-state index contributed by atoms with van der Waals surface area (Å²) < 4.78 is 5.75. The number of carbonyl (C=O) groups excluding carboxylic acids is 1. The molecule has 2 N–H and O–H groups in total. The molecule has 1 aromatic heterocycles. The fraction of sp³-hybridized carbons (Fsp3) is 0.393. The molecule has 0 bridgehead atoms. The van der Waals surface area contributed by atoms with Gasteiger partial charge in [-0.15, -0.1) is 11.3 Å². The molecule has 2 aromatic carbocycles. The van der Waals surface area contributed by atoms with Crippen LogP contribution in [0.3, 0.4) is 0 Å². The van der Waals surface area contributed by atoms with Crippen molar-refractivity contribution in [3.05, 3.63) is 59.3 Å². The van der Waals surface area contributed by atoms with Gasteiger partial charge in [0.2, 0.25) is 5.91 Å². The van der Waals surface area contributed by atoms with E-state index >= 15 is 0 Å². The molecule has 1 fully saturated rings. The second-order valence-corrected chi connectivity index (χ2v) is 10.7. The van der Waals surface area contributed by atoms with Crippen LogP contribution in [0.5, 0.6) is 5.75 Å². The molecule has 5 rings (SSSR count). The van der Waals surface area contributed by atoms with Crippen LogP contribution in [0, 0.1) is 11.3 Å². The smallest absolute Gasteiger partial charge is 0.236 e. The zero-order valence-electron chi connectivity index (χ0n) is 20.5. The number of fused-ring (bicyclic) bond motifs is 1. The van der Waals surface area contributed by atoms with Crippen molar-refractivity contribution >= 4 is 17.2 Å². The standard InChI is InChI=1S/C28H30N4O3S/c1-17(2)35-25-9-6-18(12-19(25)13-29)28-31-14-26(36-28)23-5-3-4-22-21(23)7-8-24(22)30-15-27(34)32-11-10-20(33)16-32/h3-6,9,12,14,17,20,24,30,33H,7-8,10-11,15-16H2,1-2H3/t20?,24-/m0/s1. The van der Waals surface area contributed by atoms with Crippen molar-refractivity contribution < 1.29 is 14.6 Å². The molecule has 0 saturated carbocycles. The molecule has 1 amide bonds. The normalized spacial score (nSPS) is 18.9. The van der Waals surface area contributed by atoms with Gasteiger partial charge in [0.1, 0.15) is 16.8 Å². The molecule has 0 spiro atoms. The number of aromatic nitrogens is 1. The van der Waals surface area contributed by atoms with Gasteiger partial charge in [-0.2, -0.15) is 5.26 Å². The summed E-state index contributed by atoms with van der Waals surface area (Å²) in [7, 11) is 0. The van der Waals surface area contributed by atoms with Crippen LogP contribution in [0.2, 0.25) is 0 Å². The second-order valence-electron chi connectivity index (χ2n) is 9.65. The van der Waals surface area contributed by atoms with E-state index < -0.39 is 6.10 Å². The van der Waals surface area contributed by atoms with Crippen molar-refractivity contribution in [1.82, 2.24) is 15.2 Å². The molecule has 186 valence electrons. The molecular weight excluding hydrogens is 472 g/mol. The second kappa shape index (κ2) is 10.4. The van der Waals surface area contributed by atoms with Crippen LogP contribution in [0.1, 0.15) is 49.4 Å². The van der Waals surface area contributed by atoms with Crippen LogP contribution >= 0.6 is 11.3 Å². The summed E-state index contributed by atoms with van der Waals surface area (Å²) >= 11 is 1.61. The number of β-amino-alcohol motifs (C(OH)–C–C–N with tert-alkyl or cyclic N) is 1. The Bertz CT molecular complexity index is 1310. The quantitative estimate of drug-likeness (QED) is 0.500. The Morgan fingerprint density at radius 1 is 1.33 bits per heavy atom. The lowest BCUT2D eigenvalue weighted by Crippen LogP contribution is -2.38. The first-order valence-electron chi connectivity index (χ1n) is 12.4. The summed E-state index contributed by atoms with van der Waals surface area (Å²) in [6, 6.07) is 14.3. The van der Waals surface area contributed by atoms with Crippen LogP contribution in [0.25, 0.3) is 21.0 Å². The predicted octanol–water partition coefficient (Wildman–Crippen LogP) is 4.31. The summed E-state index contributed by atoms with van der Waals surface area (Å²) in [5.74, 6) is 0.636. The Balaban J connectivity index is 1.32. The van der Waals surface area contributed by atoms with Gasteiger partial charge in [-0.05, 0) is 68.0 Å². The first-order valence-corrected chi connectivity index (χ1v) is 13.2. The van der Waals surface area contributed by atoms with Crippen molar-refractivity contribution in [3.8, 4) is 32.8 Å². The fourth-order valence-electron chi connectivity index (χ4n) is 5.03. The first-order chi connectivity index (χ1) is 17.4. The van der Waals surface area contributed by atoms with E-state index in [9.17, 15) is 15.2 Å². The average molecular weight is 503 g/mol. The molecule has 0 radical (unpaired) electrons. The van der Waals surface area contributed by atoms with Gasteiger partial charge in [0.25, 0.3) is 0 Å². The van der Waals surface area contributed by atoms with E-state index in [1.807, 2.05) is 38.2 Å². The topological polar surface area (TPSA) is 98.5 Å². The number of nitriles is 1. The summed E-state index contributed by atoms with van der Waals surface area (Å²) in [4.78, 5) is 20.0. The third kappa shape index (κ3) is 5.00. The van der Waals surface area contributed by atoms with Gasteiger partial charge in [-0.3, -0.25) is 4.79 Å². The van der Waals surface area contributed by atoms with E-state index in [-0.39, 0.29) is 24.6 Å². The van der Waals surface area contributed by atoms with E-state index in [0.717, 1.165) is 28.3 Å². The lowest BCUT2D eigenvalue weighted by molar-refractivity contribution is -0.129. The minimum atomic E-state index is -0.397. The lowest BCUT2D eigenvalue weighted by atomic mass is 10.0. The van der Waals surface area contributed by atoms with Gasteiger partial charge in [-0.1, -0.05) is 18.2 Å². The highest BCUT2D eigenvalue weighted by molar-refractivity contribution is 7.18. The molecule has 8 heteroatoms. The number of thiazole rings is 1. The zero-order valence-corrected chi connectivity index (χ0v) is 21.3. The Labute approximate surface area is 215 Å². The van der Waals surface area contributed by atoms with Crippen LogP contribution in [-0.2, 0) is 11.2 Å². The molecule has 2 aliphatic rings. The number of carbonyl (C=O) groups is 1. The minimum absolute atomic E-state index is 0.000793. The maximum absolute atomic E-state index is 12.5. The maximum atomic E-state index is 12.5. The number of ether oxygens (including phenoxy) is 1. The van der Waals surface area contributed by atoms with E-state index in [0.29, 0.717) is 30.8 Å². The highest BCUT2D eigenvalue weighted by atomic mass is 32.1. The third-order valence-electron chi connectivity index (χ3n) is 6.77. The van der Waals surface area contributed by atoms with Crippen molar-refractivity contribution in [1.29, 1.82) is 5.26 Å². The lowest BCUT2D eigenvalue weighted by Gasteiger charge is -2.19. The van der Waals surface area contributed by atoms with Gasteiger partial charge in [0.15, 0.2) is 0 Å². The summed E-state index contributed by atoms with van der Waals surface area (Å²) in [6.07, 6.45) is 4.04. The first kappa shape index (κ1) is 24.4. The summed E-state index contributed by atoms with van der Waals surface area (Å²) in [5, 5.41) is 23.6. The number of likely N-dealkylation sites (tertiary alicyclic amines) is 1. The van der Waals surface area contributed by atoms with E-state index in [1.165, 1.54) is 16.7 Å². The number of nitrogens with one attached hydrogen (secondary N) is 1. The van der Waals surface area contributed by atoms with Gasteiger partial charge in [0, 0.05) is 30.9 Å². The van der Waals surface area contributed by atoms with Crippen molar-refractivity contribution in [3.63, 3.8) is 0 Å². The third-order valence-corrected chi connectivity index (χ3v) is 7.85. The molecule has 7 nitrogen and oxygen atoms in total. The summed E-state index contributed by atoms with van der Waals surface area (Å²) in [5.41, 5.74) is 5.11. The number of nitrogens with zero attached hydrogens (tertiary/aromatic N) is 3. The van der Waals surface area contributed by atoms with Gasteiger partial charge >= 0.3 is 0 Å². The number of hydrogen-bond donors (Lipinski definition) is 2. The average Bonchev–Trinajstić information content (AvgIpc) is 3.62. The van der Waals surface area contributed by atoms with Crippen LogP contribution in [-0.4, -0.2) is 52.7 Å². The Kier molecular flexibility index (Phi) is 7.06. The van der Waals surface area contributed by atoms with E-state index in [1.54, 1.807) is 16.2 Å². The highest BCUT2D eigenvalue weighted by Crippen LogP contribution is 2.41. The molecule has 1 saturated heterocycles. The highest BCUT2D eigenvalue weighted by Gasteiger charge is 2.28. The number of rotatable bonds is 7. The maximum Gasteiger partial charge on any atom is 0.236 e. The number of aliphatic hydroxyl groups is 1. The predicted molar refractivity (Wildman–Crippen MR) is 140 cm³/mol. The number of hydrogen-bond acceptors (Lipinski definition) is 7. The minimum Gasteiger partial charge on any atom is -0.490 e. The van der Waals surface area contributed by atoms with Crippen molar-refractivity contribution in [2.24, 2.45) is 0 Å². The Morgan fingerprint density at radius 2 is 2.19 bits per heavy atom. The molecule has 36 heavy (non-hydrogen) atoms. The number of amides is 1. The molecular formula is C28H30N4O3S. The fourth-order valence-corrected chi connectivity index (χ4v) is 5.99. The molecule has 2 atom stereocenters. The van der Waals surface area contributed by atoms with E-state index in [4.69, 9.17) is 4.74 Å². The zero-order chi connectivity index (χ0) is 25.2. The van der Waals surface area contributed by atoms with Crippen LogP contribution < -0.4 is 10.1 Å². The van der Waals surface area contributed by atoms with Crippen molar-refractivity contribution in [2.45, 2.75) is 51.4 Å². The van der Waals surface area contributed by atoms with Gasteiger partial charge in [0.05, 0.1) is 29.2 Å². The van der Waals surface area contributed by atoms with Gasteiger partial charge < -0.3 is 20.1 Å². The van der Waals surface area contributed by atoms with Gasteiger partial charge in [-0.25, -0.2) is 4.98 Å². The van der Waals surface area contributed by atoms with Crippen LogP contribution in [0.15, 0.2) is 42.6 Å². The monoisotopic (exact) mass is 502 g/mol. The van der Waals surface area contributed by atoms with E-state index in [2.05, 4.69) is 34.6 Å². The number of aliphatic hydroxyl groups excluding tert-OH is 1. The molecule has 3 aromatic rings. The summed E-state index contributed by atoms with van der Waals surface area (Å²) in [6.45, 7) is 5.23. The molecule has 1 unspecified atom stereocenters. The number of benzene rings is 2. The van der Waals surface area contributed by atoms with Crippen LogP contribution in [0.4, 0.5) is 0 Å². The SMILES string of the molecule is CC(C)Oc1ccc(-c2ncc(-c3cccc4c3CC[C@@H]4NCC(=O)N3CCC(O)C3)s2)cc1C#N. The van der Waals surface area contributed by atoms with Crippen molar-refractivity contribution in [2.75, 3.05) is 19.6 Å². The molecule has 1 aliphatic carbocycles. The molecule has 1 aliphatic heterocycles. The Morgan fingerprint density at radius 3 is 2.94 bits per heavy atom.